The van der Waals surface area contributed by atoms with Crippen LogP contribution in [0, 0.1) is 0 Å². The number of hydrogen-bond acceptors (Lipinski definition) is 4. The van der Waals surface area contributed by atoms with Crippen molar-refractivity contribution in [2.45, 2.75) is 29.8 Å². The van der Waals surface area contributed by atoms with Crippen molar-refractivity contribution in [2.75, 3.05) is 0 Å². The van der Waals surface area contributed by atoms with E-state index in [0.717, 1.165) is 28.0 Å². The Morgan fingerprint density at radius 3 is 2.52 bits per heavy atom. The van der Waals surface area contributed by atoms with E-state index in [4.69, 9.17) is 11.6 Å². The van der Waals surface area contributed by atoms with Crippen LogP contribution >= 0.6 is 22.9 Å². The molecule has 5 nitrogen and oxygen atoms in total. The van der Waals surface area contributed by atoms with Crippen molar-refractivity contribution in [1.29, 1.82) is 0 Å². The molecular formula is C21H19ClN2O3S2. The molecule has 2 heterocycles. The summed E-state index contributed by atoms with van der Waals surface area (Å²) in [7, 11) is -3.78. The Labute approximate surface area is 179 Å². The SMILES string of the molecule is O=C(NCc1ccccc1Cl)C1Cc2ccccc2CN1S(=O)(=O)c1cccs1. The largest absolute Gasteiger partial charge is 0.351 e. The third kappa shape index (κ3) is 4.09. The molecule has 4 rings (SSSR count). The Hall–Kier alpha value is -2.19. The molecule has 150 valence electrons. The summed E-state index contributed by atoms with van der Waals surface area (Å²) in [5, 5.41) is 5.14. The molecule has 0 saturated heterocycles. The topological polar surface area (TPSA) is 66.5 Å². The minimum absolute atomic E-state index is 0.167. The number of thiophene rings is 1. The third-order valence-electron chi connectivity index (χ3n) is 4.98. The van der Waals surface area contributed by atoms with Gasteiger partial charge in [-0.2, -0.15) is 4.31 Å². The Kier molecular flexibility index (Phi) is 5.74. The van der Waals surface area contributed by atoms with Gasteiger partial charge in [-0.3, -0.25) is 4.79 Å². The zero-order valence-electron chi connectivity index (χ0n) is 15.4. The second kappa shape index (κ2) is 8.28. The van der Waals surface area contributed by atoms with E-state index in [-0.39, 0.29) is 23.2 Å². The van der Waals surface area contributed by atoms with Crippen molar-refractivity contribution in [1.82, 2.24) is 9.62 Å². The van der Waals surface area contributed by atoms with Gasteiger partial charge >= 0.3 is 0 Å². The lowest BCUT2D eigenvalue weighted by Crippen LogP contribution is -2.52. The van der Waals surface area contributed by atoms with Gasteiger partial charge in [-0.25, -0.2) is 8.42 Å². The van der Waals surface area contributed by atoms with Crippen molar-refractivity contribution in [3.63, 3.8) is 0 Å². The van der Waals surface area contributed by atoms with Crippen LogP contribution in [0.3, 0.4) is 0 Å². The first-order valence-electron chi connectivity index (χ1n) is 9.10. The molecule has 1 aromatic heterocycles. The molecule has 8 heteroatoms. The van der Waals surface area contributed by atoms with Crippen LogP contribution in [0.4, 0.5) is 0 Å². The molecule has 0 spiro atoms. The van der Waals surface area contributed by atoms with Crippen LogP contribution < -0.4 is 5.32 Å². The van der Waals surface area contributed by atoms with Gasteiger partial charge in [-0.05, 0) is 40.6 Å². The van der Waals surface area contributed by atoms with Gasteiger partial charge in [0, 0.05) is 18.1 Å². The lowest BCUT2D eigenvalue weighted by atomic mass is 9.95. The number of nitrogens with zero attached hydrogens (tertiary/aromatic N) is 1. The molecule has 0 radical (unpaired) electrons. The number of sulfonamides is 1. The predicted molar refractivity (Wildman–Crippen MR) is 114 cm³/mol. The first-order chi connectivity index (χ1) is 14.0. The van der Waals surface area contributed by atoms with E-state index in [1.807, 2.05) is 42.5 Å². The van der Waals surface area contributed by atoms with Crippen LogP contribution in [0.25, 0.3) is 0 Å². The standard InChI is InChI=1S/C21H19ClN2O3S2/c22-18-9-4-3-7-16(18)13-23-21(25)19-12-15-6-1-2-8-17(15)14-24(19)29(26,27)20-10-5-11-28-20/h1-11,19H,12-14H2,(H,23,25). The average molecular weight is 447 g/mol. The van der Waals surface area contributed by atoms with Crippen LogP contribution in [0.1, 0.15) is 16.7 Å². The van der Waals surface area contributed by atoms with E-state index in [2.05, 4.69) is 5.32 Å². The van der Waals surface area contributed by atoms with Gasteiger partial charge in [0.15, 0.2) is 0 Å². The molecular weight excluding hydrogens is 428 g/mol. The summed E-state index contributed by atoms with van der Waals surface area (Å²) in [5.41, 5.74) is 2.69. The minimum Gasteiger partial charge on any atom is -0.351 e. The van der Waals surface area contributed by atoms with E-state index < -0.39 is 16.1 Å². The van der Waals surface area contributed by atoms with Crippen molar-refractivity contribution >= 4 is 38.9 Å². The zero-order chi connectivity index (χ0) is 20.4. The van der Waals surface area contributed by atoms with E-state index in [9.17, 15) is 13.2 Å². The fourth-order valence-electron chi connectivity index (χ4n) is 3.44. The molecule has 0 aliphatic carbocycles. The van der Waals surface area contributed by atoms with E-state index in [1.54, 1.807) is 23.6 Å². The fourth-order valence-corrected chi connectivity index (χ4v) is 6.33. The van der Waals surface area contributed by atoms with Gasteiger partial charge in [-0.15, -0.1) is 11.3 Å². The summed E-state index contributed by atoms with van der Waals surface area (Å²) in [4.78, 5) is 13.1. The highest BCUT2D eigenvalue weighted by atomic mass is 35.5. The fraction of sp³-hybridized carbons (Fsp3) is 0.190. The second-order valence-corrected chi connectivity index (χ2v) is 10.3. The van der Waals surface area contributed by atoms with Crippen LogP contribution in [0.5, 0.6) is 0 Å². The van der Waals surface area contributed by atoms with Gasteiger partial charge in [-0.1, -0.05) is 60.1 Å². The number of carbonyl (C=O) groups excluding carboxylic acids is 1. The molecule has 1 amide bonds. The Morgan fingerprint density at radius 2 is 1.79 bits per heavy atom. The summed E-state index contributed by atoms with van der Waals surface area (Å²) >= 11 is 7.32. The lowest BCUT2D eigenvalue weighted by Gasteiger charge is -2.34. The first kappa shape index (κ1) is 20.1. The second-order valence-electron chi connectivity index (χ2n) is 6.78. The van der Waals surface area contributed by atoms with E-state index in [0.29, 0.717) is 11.4 Å². The van der Waals surface area contributed by atoms with Crippen LogP contribution in [0.15, 0.2) is 70.3 Å². The maximum absolute atomic E-state index is 13.2. The van der Waals surface area contributed by atoms with Crippen LogP contribution in [0.2, 0.25) is 5.02 Å². The normalized spacial score (nSPS) is 16.9. The van der Waals surface area contributed by atoms with Gasteiger partial charge in [0.1, 0.15) is 10.3 Å². The third-order valence-corrected chi connectivity index (χ3v) is 8.57. The molecule has 1 unspecified atom stereocenters. The Bertz CT molecular complexity index is 1130. The summed E-state index contributed by atoms with van der Waals surface area (Å²) < 4.78 is 28.0. The van der Waals surface area contributed by atoms with Crippen molar-refractivity contribution in [3.8, 4) is 0 Å². The van der Waals surface area contributed by atoms with Crippen LogP contribution in [-0.2, 0) is 34.3 Å². The van der Waals surface area contributed by atoms with Crippen molar-refractivity contribution < 1.29 is 13.2 Å². The van der Waals surface area contributed by atoms with Crippen molar-refractivity contribution in [3.05, 3.63) is 87.8 Å². The maximum Gasteiger partial charge on any atom is 0.253 e. The number of nitrogens with one attached hydrogen (secondary N) is 1. The van der Waals surface area contributed by atoms with Crippen molar-refractivity contribution in [2.24, 2.45) is 0 Å². The molecule has 0 saturated carbocycles. The smallest absolute Gasteiger partial charge is 0.253 e. The van der Waals surface area contributed by atoms with E-state index in [1.165, 1.54) is 4.31 Å². The van der Waals surface area contributed by atoms with Gasteiger partial charge in [0.25, 0.3) is 10.0 Å². The molecule has 0 bridgehead atoms. The van der Waals surface area contributed by atoms with Gasteiger partial charge < -0.3 is 5.32 Å². The summed E-state index contributed by atoms with van der Waals surface area (Å²) in [5.74, 6) is -0.334. The molecule has 1 aliphatic rings. The zero-order valence-corrected chi connectivity index (χ0v) is 17.8. The molecule has 3 aromatic rings. The molecule has 1 N–H and O–H groups in total. The predicted octanol–water partition coefficient (Wildman–Crippen LogP) is 3.83. The molecule has 2 aromatic carbocycles. The summed E-state index contributed by atoms with van der Waals surface area (Å²) in [6, 6.07) is 17.3. The highest BCUT2D eigenvalue weighted by Crippen LogP contribution is 2.31. The van der Waals surface area contributed by atoms with Gasteiger partial charge in [0.2, 0.25) is 5.91 Å². The summed E-state index contributed by atoms with van der Waals surface area (Å²) in [6.45, 7) is 0.407. The number of benzene rings is 2. The first-order valence-corrected chi connectivity index (χ1v) is 11.8. The Balaban J connectivity index is 1.63. The minimum atomic E-state index is -3.78. The number of carbonyl (C=O) groups is 1. The maximum atomic E-state index is 13.2. The molecule has 1 atom stereocenters. The Morgan fingerprint density at radius 1 is 1.07 bits per heavy atom. The van der Waals surface area contributed by atoms with Gasteiger partial charge in [0.05, 0.1) is 0 Å². The highest BCUT2D eigenvalue weighted by molar-refractivity contribution is 7.91. The molecule has 1 aliphatic heterocycles. The van der Waals surface area contributed by atoms with E-state index >= 15 is 0 Å². The number of fused-ring (bicyclic) bond motifs is 1. The average Bonchev–Trinajstić information content (AvgIpc) is 3.28. The van der Waals surface area contributed by atoms with Crippen LogP contribution in [-0.4, -0.2) is 24.7 Å². The highest BCUT2D eigenvalue weighted by Gasteiger charge is 2.39. The number of rotatable bonds is 5. The number of hydrogen-bond donors (Lipinski definition) is 1. The quantitative estimate of drug-likeness (QED) is 0.647. The molecule has 29 heavy (non-hydrogen) atoms. The summed E-state index contributed by atoms with van der Waals surface area (Å²) in [6.07, 6.45) is 0.329. The monoisotopic (exact) mass is 446 g/mol. The number of halogens is 1. The number of amides is 1. The lowest BCUT2D eigenvalue weighted by molar-refractivity contribution is -0.125. The molecule has 0 fully saturated rings.